The number of carboxylic acids is 1. The minimum Gasteiger partial charge on any atom is -0.480 e. The number of carbonyl (C=O) groups excluding carboxylic acids is 9. The zero-order valence-electron chi connectivity index (χ0n) is 35.4. The summed E-state index contributed by atoms with van der Waals surface area (Å²) in [5, 5.41) is 57.1. The molecule has 9 atom stereocenters. The third-order valence-corrected chi connectivity index (χ3v) is 8.75. The van der Waals surface area contributed by atoms with Crippen LogP contribution in [0.3, 0.4) is 0 Å². The monoisotopic (exact) mass is 904 g/mol. The van der Waals surface area contributed by atoms with Crippen molar-refractivity contribution in [3.05, 3.63) is 0 Å². The second-order valence-electron chi connectivity index (χ2n) is 14.3. The van der Waals surface area contributed by atoms with Gasteiger partial charge < -0.3 is 91.6 Å². The van der Waals surface area contributed by atoms with Crippen molar-refractivity contribution in [2.75, 3.05) is 32.8 Å². The van der Waals surface area contributed by atoms with E-state index in [1.165, 1.54) is 13.8 Å². The Balaban J connectivity index is 6.13. The van der Waals surface area contributed by atoms with E-state index in [-0.39, 0.29) is 57.6 Å². The SMILES string of the molecule is C[C@H](NC(=O)[C@@H](NC(=O)[C@@H](N)CCC(N)=O)[C@@H](C)O)C(=O)N[C@@H](CCCN=C(N)N)C(=O)N[C@@H](CCCCN)C(=O)N[C@@H](CO)C(=O)N[C@H](C(=O)NCC(=O)NCC(=O)O)[C@@H](C)O. The van der Waals surface area contributed by atoms with Crippen LogP contribution in [-0.4, -0.2) is 173 Å². The van der Waals surface area contributed by atoms with Gasteiger partial charge in [0.1, 0.15) is 42.8 Å². The molecule has 0 aromatic carbocycles. The van der Waals surface area contributed by atoms with Crippen molar-refractivity contribution in [2.45, 2.75) is 120 Å². The van der Waals surface area contributed by atoms with Crippen LogP contribution in [0.1, 0.15) is 65.7 Å². The van der Waals surface area contributed by atoms with Gasteiger partial charge in [-0.1, -0.05) is 0 Å². The largest absolute Gasteiger partial charge is 0.480 e. The average molecular weight is 905 g/mol. The van der Waals surface area contributed by atoms with Crippen molar-refractivity contribution >= 4 is 65.1 Å². The molecule has 22 N–H and O–H groups in total. The number of carbonyl (C=O) groups is 10. The lowest BCUT2D eigenvalue weighted by Crippen LogP contribution is -2.61. The number of aliphatic imine (C=N–C) groups is 1. The van der Waals surface area contributed by atoms with Gasteiger partial charge in [0.2, 0.25) is 53.2 Å². The fourth-order valence-electron chi connectivity index (χ4n) is 5.21. The summed E-state index contributed by atoms with van der Waals surface area (Å²) in [5.41, 5.74) is 27.2. The van der Waals surface area contributed by atoms with Crippen molar-refractivity contribution in [1.82, 2.24) is 42.5 Å². The van der Waals surface area contributed by atoms with E-state index in [2.05, 4.69) is 42.2 Å². The Bertz CT molecular complexity index is 1610. The predicted octanol–water partition coefficient (Wildman–Crippen LogP) is -9.24. The minimum absolute atomic E-state index is 0.00270. The first-order valence-electron chi connectivity index (χ1n) is 19.8. The van der Waals surface area contributed by atoms with Gasteiger partial charge in [0.05, 0.1) is 31.4 Å². The molecule has 0 saturated heterocycles. The Labute approximate surface area is 362 Å². The Hall–Kier alpha value is -6.23. The number of guanidine groups is 1. The van der Waals surface area contributed by atoms with Gasteiger partial charge >= 0.3 is 5.97 Å². The summed E-state index contributed by atoms with van der Waals surface area (Å²) >= 11 is 0. The number of hydrogen-bond donors (Lipinski definition) is 17. The minimum atomic E-state index is -1.76. The van der Waals surface area contributed by atoms with Crippen molar-refractivity contribution in [3.63, 3.8) is 0 Å². The summed E-state index contributed by atoms with van der Waals surface area (Å²) in [6.45, 7) is 1.23. The number of nitrogens with zero attached hydrogens (tertiary/aromatic N) is 1. The quantitative estimate of drug-likeness (QED) is 0.0174. The summed E-state index contributed by atoms with van der Waals surface area (Å²) in [6, 6.07) is -10.6. The van der Waals surface area contributed by atoms with Crippen LogP contribution < -0.4 is 71.2 Å². The molecule has 0 aliphatic rings. The van der Waals surface area contributed by atoms with Crippen LogP contribution >= 0.6 is 0 Å². The molecule has 0 aromatic rings. The van der Waals surface area contributed by atoms with E-state index in [0.717, 1.165) is 6.92 Å². The van der Waals surface area contributed by atoms with Crippen molar-refractivity contribution in [2.24, 2.45) is 33.7 Å². The van der Waals surface area contributed by atoms with Gasteiger partial charge in [-0.05, 0) is 65.8 Å². The summed E-state index contributed by atoms with van der Waals surface area (Å²) in [7, 11) is 0. The number of primary amides is 1. The maximum atomic E-state index is 13.8. The molecular formula is C35H64N14O14. The number of amides is 9. The summed E-state index contributed by atoms with van der Waals surface area (Å²) in [5.74, 6) is -10.2. The van der Waals surface area contributed by atoms with Gasteiger partial charge in [0.25, 0.3) is 0 Å². The highest BCUT2D eigenvalue weighted by Gasteiger charge is 2.34. The number of rotatable bonds is 31. The number of nitrogens with two attached hydrogens (primary N) is 5. The van der Waals surface area contributed by atoms with Gasteiger partial charge in [-0.15, -0.1) is 0 Å². The molecule has 0 bridgehead atoms. The van der Waals surface area contributed by atoms with Crippen LogP contribution in [0.5, 0.6) is 0 Å². The van der Waals surface area contributed by atoms with Crippen LogP contribution in [0.4, 0.5) is 0 Å². The number of aliphatic hydroxyl groups excluding tert-OH is 3. The van der Waals surface area contributed by atoms with Crippen LogP contribution in [0.25, 0.3) is 0 Å². The number of hydrogen-bond acceptors (Lipinski definition) is 16. The molecule has 358 valence electrons. The van der Waals surface area contributed by atoms with E-state index >= 15 is 0 Å². The van der Waals surface area contributed by atoms with Gasteiger partial charge in [0, 0.05) is 13.0 Å². The molecule has 0 saturated carbocycles. The molecule has 0 aliphatic carbocycles. The Morgan fingerprint density at radius 2 is 1.10 bits per heavy atom. The Kier molecular flexibility index (Phi) is 27.0. The molecule has 0 heterocycles. The summed E-state index contributed by atoms with van der Waals surface area (Å²) in [4.78, 5) is 130. The zero-order valence-corrected chi connectivity index (χ0v) is 35.4. The fraction of sp³-hybridized carbons (Fsp3) is 0.686. The first kappa shape index (κ1) is 56.8. The molecule has 0 unspecified atom stereocenters. The first-order chi connectivity index (χ1) is 29.4. The van der Waals surface area contributed by atoms with E-state index in [4.69, 9.17) is 33.8 Å². The second kappa shape index (κ2) is 29.9. The molecular weight excluding hydrogens is 840 g/mol. The number of carboxylic acid groups (broad SMARTS) is 1. The maximum Gasteiger partial charge on any atom is 0.322 e. The number of unbranched alkanes of at least 4 members (excludes halogenated alkanes) is 1. The normalized spacial score (nSPS) is 15.1. The predicted molar refractivity (Wildman–Crippen MR) is 221 cm³/mol. The number of aliphatic hydroxyl groups is 3. The van der Waals surface area contributed by atoms with E-state index in [1.807, 2.05) is 5.32 Å². The van der Waals surface area contributed by atoms with Crippen LogP contribution in [0.15, 0.2) is 4.99 Å². The third kappa shape index (κ3) is 23.5. The highest BCUT2D eigenvalue weighted by molar-refractivity contribution is 5.97. The van der Waals surface area contributed by atoms with Crippen molar-refractivity contribution in [1.29, 1.82) is 0 Å². The molecule has 0 spiro atoms. The van der Waals surface area contributed by atoms with Crippen LogP contribution in [0.2, 0.25) is 0 Å². The van der Waals surface area contributed by atoms with E-state index in [9.17, 15) is 63.3 Å². The molecule has 0 aromatic heterocycles. The standard InChI is InChI=1S/C35H64N14O14/c1-16(44-34(63)27(18(3)52)48-29(58)19(37)9-10-23(38)53)28(57)45-21(8-6-12-41-35(39)40)30(59)46-20(7-4-5-11-36)31(60)47-22(15-50)32(61)49-26(17(2)51)33(62)43-13-24(54)42-14-25(55)56/h16-22,26-27,50-52H,4-15,36-37H2,1-3H3,(H2,38,53)(H,42,54)(H,43,62)(H,44,63)(H,45,57)(H,46,59)(H,47,60)(H,48,58)(H,49,61)(H,55,56)(H4,39,40,41)/t16-,17+,18+,19-,20-,21-,22-,26-,27-/m0/s1. The number of aliphatic carboxylic acids is 1. The first-order valence-corrected chi connectivity index (χ1v) is 19.8. The Morgan fingerprint density at radius 1 is 0.587 bits per heavy atom. The molecule has 28 nitrogen and oxygen atoms in total. The lowest BCUT2D eigenvalue weighted by molar-refractivity contribution is -0.138. The van der Waals surface area contributed by atoms with Crippen LogP contribution in [-0.2, 0) is 47.9 Å². The van der Waals surface area contributed by atoms with Gasteiger partial charge in [-0.25, -0.2) is 0 Å². The number of nitrogens with one attached hydrogen (secondary N) is 8. The summed E-state index contributed by atoms with van der Waals surface area (Å²) < 4.78 is 0. The highest BCUT2D eigenvalue weighted by Crippen LogP contribution is 2.07. The second-order valence-corrected chi connectivity index (χ2v) is 14.3. The molecule has 0 rings (SSSR count). The van der Waals surface area contributed by atoms with E-state index < -0.39 is 133 Å². The lowest BCUT2D eigenvalue weighted by atomic mass is 10.0. The van der Waals surface area contributed by atoms with Crippen molar-refractivity contribution < 1.29 is 68.4 Å². The molecule has 28 heteroatoms. The maximum absolute atomic E-state index is 13.8. The van der Waals surface area contributed by atoms with Crippen LogP contribution in [0, 0.1) is 0 Å². The highest BCUT2D eigenvalue weighted by atomic mass is 16.4. The van der Waals surface area contributed by atoms with E-state index in [1.54, 1.807) is 0 Å². The van der Waals surface area contributed by atoms with E-state index in [0.29, 0.717) is 6.42 Å². The molecule has 0 radical (unpaired) electrons. The summed E-state index contributed by atoms with van der Waals surface area (Å²) in [6.07, 6.45) is -2.90. The molecule has 9 amide bonds. The van der Waals surface area contributed by atoms with Crippen molar-refractivity contribution in [3.8, 4) is 0 Å². The average Bonchev–Trinajstić information content (AvgIpc) is 3.20. The van der Waals surface area contributed by atoms with Gasteiger partial charge in [-0.2, -0.15) is 0 Å². The lowest BCUT2D eigenvalue weighted by Gasteiger charge is -2.27. The molecule has 0 aliphatic heterocycles. The smallest absolute Gasteiger partial charge is 0.322 e. The molecule has 0 fully saturated rings. The molecule has 63 heavy (non-hydrogen) atoms. The third-order valence-electron chi connectivity index (χ3n) is 8.75. The topological polar surface area (TPSA) is 490 Å². The van der Waals surface area contributed by atoms with Gasteiger partial charge in [0.15, 0.2) is 5.96 Å². The van der Waals surface area contributed by atoms with Gasteiger partial charge in [-0.3, -0.25) is 52.9 Å². The zero-order chi connectivity index (χ0) is 48.4. The fourth-order valence-corrected chi connectivity index (χ4v) is 5.21. The Morgan fingerprint density at radius 3 is 1.60 bits per heavy atom.